The minimum atomic E-state index is -2.87. The number of carbonyl (C=O) groups excluding carboxylic acids is 1. The second kappa shape index (κ2) is 10.6. The standard InChI is InChI=1S/C26H32F3N5O2S/c1-26(28,29)15-36-25-31-21-14-34(12-10-22(21)37-25)11-9-16-3-5-17(6-4-16)30-24(35)18-7-8-20(27)23-19(18)13-33(2)32-23/h7-8,13,16-17H,3-6,9-12,14-15H2,1-2H3,(H,30,35). The molecule has 3 aromatic rings. The summed E-state index contributed by atoms with van der Waals surface area (Å²) in [6, 6.07) is 2.94. The number of fused-ring (bicyclic) bond motifs is 2. The van der Waals surface area contributed by atoms with E-state index in [0.717, 1.165) is 75.7 Å². The number of aromatic nitrogens is 3. The van der Waals surface area contributed by atoms with Crippen LogP contribution >= 0.6 is 11.3 Å². The minimum Gasteiger partial charge on any atom is -0.464 e. The highest BCUT2D eigenvalue weighted by Gasteiger charge is 2.27. The molecular weight excluding hydrogens is 503 g/mol. The molecule has 37 heavy (non-hydrogen) atoms. The Balaban J connectivity index is 1.07. The van der Waals surface area contributed by atoms with Gasteiger partial charge in [0.05, 0.1) is 11.3 Å². The van der Waals surface area contributed by atoms with Gasteiger partial charge >= 0.3 is 0 Å². The van der Waals surface area contributed by atoms with E-state index in [1.165, 1.54) is 28.2 Å². The minimum absolute atomic E-state index is 0.113. The first-order valence-electron chi connectivity index (χ1n) is 12.8. The van der Waals surface area contributed by atoms with Gasteiger partial charge < -0.3 is 10.1 Å². The predicted molar refractivity (Wildman–Crippen MR) is 136 cm³/mol. The van der Waals surface area contributed by atoms with Gasteiger partial charge in [0.1, 0.15) is 5.52 Å². The number of nitrogens with zero attached hydrogens (tertiary/aromatic N) is 4. The topological polar surface area (TPSA) is 72.3 Å². The Morgan fingerprint density at radius 1 is 1.27 bits per heavy atom. The van der Waals surface area contributed by atoms with Gasteiger partial charge in [0, 0.05) is 49.6 Å². The molecule has 5 rings (SSSR count). The fourth-order valence-electron chi connectivity index (χ4n) is 5.28. The smallest absolute Gasteiger partial charge is 0.278 e. The van der Waals surface area contributed by atoms with Crippen molar-refractivity contribution in [1.29, 1.82) is 0 Å². The number of halogens is 3. The predicted octanol–water partition coefficient (Wildman–Crippen LogP) is 4.94. The molecule has 3 heterocycles. The van der Waals surface area contributed by atoms with Crippen molar-refractivity contribution < 1.29 is 22.7 Å². The van der Waals surface area contributed by atoms with Gasteiger partial charge in [0.2, 0.25) is 0 Å². The number of nitrogens with one attached hydrogen (secondary N) is 1. The van der Waals surface area contributed by atoms with Crippen LogP contribution in [0.4, 0.5) is 13.2 Å². The molecule has 1 amide bonds. The van der Waals surface area contributed by atoms with Crippen LogP contribution in [0, 0.1) is 11.7 Å². The number of carbonyl (C=O) groups is 1. The highest BCUT2D eigenvalue weighted by molar-refractivity contribution is 7.13. The van der Waals surface area contributed by atoms with Crippen LogP contribution in [0.3, 0.4) is 0 Å². The first-order chi connectivity index (χ1) is 17.6. The average Bonchev–Trinajstić information content (AvgIpc) is 3.45. The zero-order valence-electron chi connectivity index (χ0n) is 21.1. The quantitative estimate of drug-likeness (QED) is 0.443. The summed E-state index contributed by atoms with van der Waals surface area (Å²) in [4.78, 5) is 20.9. The van der Waals surface area contributed by atoms with Crippen molar-refractivity contribution in [3.8, 4) is 5.19 Å². The van der Waals surface area contributed by atoms with Crippen LogP contribution in [0.15, 0.2) is 18.3 Å². The Morgan fingerprint density at radius 3 is 2.81 bits per heavy atom. The highest BCUT2D eigenvalue weighted by atomic mass is 32.1. The molecule has 1 aliphatic heterocycles. The fraction of sp³-hybridized carbons (Fsp3) is 0.577. The Hall–Kier alpha value is -2.66. The van der Waals surface area contributed by atoms with E-state index in [1.807, 2.05) is 0 Å². The van der Waals surface area contributed by atoms with Crippen LogP contribution in [0.25, 0.3) is 10.9 Å². The monoisotopic (exact) mass is 535 g/mol. The number of thiazole rings is 1. The van der Waals surface area contributed by atoms with Crippen molar-refractivity contribution >= 4 is 28.1 Å². The van der Waals surface area contributed by atoms with E-state index in [-0.39, 0.29) is 17.5 Å². The van der Waals surface area contributed by atoms with E-state index < -0.39 is 18.3 Å². The molecule has 0 unspecified atom stereocenters. The fourth-order valence-corrected chi connectivity index (χ4v) is 6.18. The number of aryl methyl sites for hydroxylation is 1. The van der Waals surface area contributed by atoms with Crippen molar-refractivity contribution in [2.75, 3.05) is 19.7 Å². The van der Waals surface area contributed by atoms with Crippen molar-refractivity contribution in [3.63, 3.8) is 0 Å². The molecule has 0 radical (unpaired) electrons. The first kappa shape index (κ1) is 26.0. The van der Waals surface area contributed by atoms with Gasteiger partial charge in [-0.3, -0.25) is 14.4 Å². The first-order valence-corrected chi connectivity index (χ1v) is 13.6. The summed E-state index contributed by atoms with van der Waals surface area (Å²) in [6.07, 6.45) is 7.58. The van der Waals surface area contributed by atoms with Crippen LogP contribution < -0.4 is 10.1 Å². The van der Waals surface area contributed by atoms with Crippen molar-refractivity contribution in [1.82, 2.24) is 25.0 Å². The molecule has 0 atom stereocenters. The van der Waals surface area contributed by atoms with E-state index >= 15 is 0 Å². The maximum absolute atomic E-state index is 14.1. The lowest BCUT2D eigenvalue weighted by Crippen LogP contribution is -2.38. The molecule has 2 aliphatic rings. The van der Waals surface area contributed by atoms with Gasteiger partial charge in [0.25, 0.3) is 17.0 Å². The third-order valence-corrected chi connectivity index (χ3v) is 8.33. The van der Waals surface area contributed by atoms with E-state index in [2.05, 4.69) is 20.3 Å². The lowest BCUT2D eigenvalue weighted by molar-refractivity contribution is -0.0230. The van der Waals surface area contributed by atoms with Gasteiger partial charge in [-0.1, -0.05) is 11.3 Å². The molecule has 0 bridgehead atoms. The molecule has 1 aromatic carbocycles. The molecule has 0 saturated heterocycles. The number of ether oxygens (including phenoxy) is 1. The number of benzene rings is 1. The molecule has 1 N–H and O–H groups in total. The molecule has 2 aromatic heterocycles. The highest BCUT2D eigenvalue weighted by Crippen LogP contribution is 2.32. The molecule has 7 nitrogen and oxygen atoms in total. The van der Waals surface area contributed by atoms with Crippen LogP contribution in [0.2, 0.25) is 0 Å². The maximum atomic E-state index is 14.1. The number of amides is 1. The van der Waals surface area contributed by atoms with E-state index in [9.17, 15) is 18.0 Å². The SMILES string of the molecule is Cn1cc2c(C(=O)NC3CCC(CCN4CCc5sc(OCC(C)(F)F)nc5C4)CC3)ccc(F)c2n1. The van der Waals surface area contributed by atoms with Gasteiger partial charge in [-0.15, -0.1) is 0 Å². The normalized spacial score (nSPS) is 20.7. The van der Waals surface area contributed by atoms with Crippen LogP contribution in [0.1, 0.15) is 60.0 Å². The largest absolute Gasteiger partial charge is 0.464 e. The number of rotatable bonds is 8. The lowest BCUT2D eigenvalue weighted by Gasteiger charge is -2.32. The summed E-state index contributed by atoms with van der Waals surface area (Å²) in [7, 11) is 1.71. The van der Waals surface area contributed by atoms with Crippen LogP contribution in [0.5, 0.6) is 5.19 Å². The second-order valence-electron chi connectivity index (χ2n) is 10.4. The Bertz CT molecular complexity index is 1260. The second-order valence-corrected chi connectivity index (χ2v) is 11.4. The van der Waals surface area contributed by atoms with E-state index in [0.29, 0.717) is 22.1 Å². The molecule has 1 fully saturated rings. The zero-order chi connectivity index (χ0) is 26.2. The van der Waals surface area contributed by atoms with Crippen LogP contribution in [-0.2, 0) is 20.0 Å². The molecule has 200 valence electrons. The van der Waals surface area contributed by atoms with Gasteiger partial charge in [-0.05, 0) is 63.1 Å². The van der Waals surface area contributed by atoms with Crippen molar-refractivity contribution in [2.45, 2.75) is 64.0 Å². The van der Waals surface area contributed by atoms with Gasteiger partial charge in [0.15, 0.2) is 12.4 Å². The summed E-state index contributed by atoms with van der Waals surface area (Å²) in [5, 5.41) is 8.12. The van der Waals surface area contributed by atoms with Gasteiger partial charge in [-0.2, -0.15) is 5.10 Å². The average molecular weight is 536 g/mol. The number of hydrogen-bond donors (Lipinski definition) is 1. The summed E-state index contributed by atoms with van der Waals surface area (Å²) in [6.45, 7) is 2.82. The Morgan fingerprint density at radius 2 is 2.05 bits per heavy atom. The zero-order valence-corrected chi connectivity index (χ0v) is 21.9. The van der Waals surface area contributed by atoms with E-state index in [1.54, 1.807) is 13.2 Å². The summed E-state index contributed by atoms with van der Waals surface area (Å²) < 4.78 is 46.9. The Kier molecular flexibility index (Phi) is 7.44. The molecule has 1 saturated carbocycles. The number of alkyl halides is 2. The van der Waals surface area contributed by atoms with Gasteiger partial charge in [-0.25, -0.2) is 18.2 Å². The van der Waals surface area contributed by atoms with Crippen molar-refractivity contribution in [2.24, 2.45) is 13.0 Å². The summed E-state index contributed by atoms with van der Waals surface area (Å²) in [5.74, 6) is -2.87. The Labute approximate surface area is 218 Å². The van der Waals surface area contributed by atoms with Crippen molar-refractivity contribution in [3.05, 3.63) is 40.3 Å². The molecule has 1 aliphatic carbocycles. The summed E-state index contributed by atoms with van der Waals surface area (Å²) >= 11 is 1.38. The third-order valence-electron chi connectivity index (χ3n) is 7.26. The summed E-state index contributed by atoms with van der Waals surface area (Å²) in [5.41, 5.74) is 1.61. The van der Waals surface area contributed by atoms with Crippen LogP contribution in [-0.4, -0.2) is 57.2 Å². The van der Waals surface area contributed by atoms with E-state index in [4.69, 9.17) is 4.74 Å². The molecular formula is C26H32F3N5O2S. The number of hydrogen-bond acceptors (Lipinski definition) is 6. The lowest BCUT2D eigenvalue weighted by atomic mass is 9.84. The maximum Gasteiger partial charge on any atom is 0.278 e. The molecule has 11 heteroatoms. The molecule has 0 spiro atoms. The third kappa shape index (κ3) is 6.26.